The number of nitrogens with one attached hydrogen (secondary N) is 1. The molecule has 164 valence electrons. The predicted octanol–water partition coefficient (Wildman–Crippen LogP) is 2.32. The summed E-state index contributed by atoms with van der Waals surface area (Å²) >= 11 is 0. The summed E-state index contributed by atoms with van der Waals surface area (Å²) in [6.07, 6.45) is 3.96. The number of hydrogen-bond acceptors (Lipinski definition) is 7. The molecule has 0 bridgehead atoms. The molecular weight excluding hydrogens is 404 g/mol. The minimum absolute atomic E-state index is 0.144. The molecule has 8 heteroatoms. The van der Waals surface area contributed by atoms with Gasteiger partial charge in [0.15, 0.2) is 0 Å². The second-order valence-electron chi connectivity index (χ2n) is 8.38. The number of morpholine rings is 1. The van der Waals surface area contributed by atoms with E-state index in [-0.39, 0.29) is 5.91 Å². The topological polar surface area (TPSA) is 82.9 Å². The summed E-state index contributed by atoms with van der Waals surface area (Å²) in [7, 11) is 0. The molecule has 0 radical (unpaired) electrons. The van der Waals surface area contributed by atoms with Crippen LogP contribution in [0.3, 0.4) is 0 Å². The number of carbonyl (C=O) groups excluding carboxylic acids is 1. The molecule has 2 aliphatic heterocycles. The Bertz CT molecular complexity index is 1110. The second kappa shape index (κ2) is 8.97. The molecule has 0 spiro atoms. The lowest BCUT2D eigenvalue weighted by molar-refractivity contribution is -0.125. The molecule has 5 rings (SSSR count). The zero-order chi connectivity index (χ0) is 21.9. The molecule has 1 amide bonds. The molecular formula is C24H26N6O2. The van der Waals surface area contributed by atoms with E-state index in [2.05, 4.69) is 38.3 Å². The molecule has 2 fully saturated rings. The van der Waals surface area contributed by atoms with Crippen molar-refractivity contribution in [3.8, 4) is 11.8 Å². The number of fused-ring (bicyclic) bond motifs is 1. The number of nitrogens with zero attached hydrogens (tertiary/aromatic N) is 5. The van der Waals surface area contributed by atoms with E-state index in [9.17, 15) is 4.79 Å². The molecule has 1 N–H and O–H groups in total. The fourth-order valence-electron chi connectivity index (χ4n) is 3.85. The summed E-state index contributed by atoms with van der Waals surface area (Å²) < 4.78 is 5.51. The number of benzene rings is 1. The molecule has 32 heavy (non-hydrogen) atoms. The number of rotatable bonds is 4. The van der Waals surface area contributed by atoms with Crippen LogP contribution in [0.5, 0.6) is 0 Å². The van der Waals surface area contributed by atoms with Crippen molar-refractivity contribution >= 4 is 23.9 Å². The Balaban J connectivity index is 1.38. The van der Waals surface area contributed by atoms with Crippen LogP contribution in [0, 0.1) is 24.7 Å². The zero-order valence-electron chi connectivity index (χ0n) is 18.2. The number of amides is 1. The number of aromatic nitrogens is 2. The molecule has 2 aromatic rings. The van der Waals surface area contributed by atoms with Gasteiger partial charge in [-0.3, -0.25) is 4.79 Å². The highest BCUT2D eigenvalue weighted by Crippen LogP contribution is 2.31. The molecule has 1 aromatic carbocycles. The lowest BCUT2D eigenvalue weighted by Crippen LogP contribution is -2.37. The van der Waals surface area contributed by atoms with Crippen molar-refractivity contribution in [2.45, 2.75) is 32.9 Å². The Hall–Kier alpha value is -3.44. The maximum atomic E-state index is 12.6. The molecule has 0 atom stereocenters. The number of hydrogen-bond donors (Lipinski definition) is 1. The minimum atomic E-state index is -0.144. The first kappa shape index (κ1) is 20.5. The van der Waals surface area contributed by atoms with Gasteiger partial charge in [0.05, 0.1) is 38.2 Å². The molecule has 1 aliphatic carbocycles. The normalized spacial score (nSPS) is 17.8. The zero-order valence-corrected chi connectivity index (χ0v) is 18.2. The predicted molar refractivity (Wildman–Crippen MR) is 122 cm³/mol. The highest BCUT2D eigenvalue weighted by Gasteiger charge is 2.30. The monoisotopic (exact) mass is 430 g/mol. The van der Waals surface area contributed by atoms with Crippen LogP contribution in [0.15, 0.2) is 29.4 Å². The summed E-state index contributed by atoms with van der Waals surface area (Å²) in [5.41, 5.74) is 6.97. The average molecular weight is 431 g/mol. The molecule has 1 saturated heterocycles. The van der Waals surface area contributed by atoms with Crippen molar-refractivity contribution in [2.24, 2.45) is 11.0 Å². The quantitative estimate of drug-likeness (QED) is 0.455. The summed E-state index contributed by atoms with van der Waals surface area (Å²) in [5.74, 6) is 7.39. The Morgan fingerprint density at radius 1 is 1.25 bits per heavy atom. The van der Waals surface area contributed by atoms with Crippen molar-refractivity contribution in [3.63, 3.8) is 0 Å². The Morgan fingerprint density at radius 2 is 2.09 bits per heavy atom. The number of anilines is 2. The van der Waals surface area contributed by atoms with Gasteiger partial charge in [-0.1, -0.05) is 35.7 Å². The van der Waals surface area contributed by atoms with Gasteiger partial charge in [0.1, 0.15) is 5.82 Å². The van der Waals surface area contributed by atoms with Gasteiger partial charge < -0.3 is 14.5 Å². The molecule has 3 heterocycles. The molecule has 3 aliphatic rings. The first-order valence-corrected chi connectivity index (χ1v) is 11.0. The average Bonchev–Trinajstić information content (AvgIpc) is 3.54. The van der Waals surface area contributed by atoms with Gasteiger partial charge in [-0.05, 0) is 31.2 Å². The van der Waals surface area contributed by atoms with Crippen LogP contribution in [-0.4, -0.2) is 53.3 Å². The van der Waals surface area contributed by atoms with Crippen LogP contribution < -0.4 is 10.3 Å². The highest BCUT2D eigenvalue weighted by atomic mass is 16.5. The highest BCUT2D eigenvalue weighted by molar-refractivity contribution is 5.94. The lowest BCUT2D eigenvalue weighted by atomic mass is 10.2. The third kappa shape index (κ3) is 4.73. The van der Waals surface area contributed by atoms with Crippen molar-refractivity contribution in [3.05, 3.63) is 46.6 Å². The molecule has 1 saturated carbocycles. The number of carbonyl (C=O) groups is 1. The van der Waals surface area contributed by atoms with Gasteiger partial charge >= 0.3 is 0 Å². The fourth-order valence-corrected chi connectivity index (χ4v) is 3.85. The van der Waals surface area contributed by atoms with E-state index in [1.807, 2.05) is 25.1 Å². The van der Waals surface area contributed by atoms with Crippen molar-refractivity contribution < 1.29 is 9.53 Å². The van der Waals surface area contributed by atoms with E-state index in [1.54, 1.807) is 11.1 Å². The van der Waals surface area contributed by atoms with Crippen molar-refractivity contribution in [2.75, 3.05) is 36.6 Å². The van der Waals surface area contributed by atoms with Crippen LogP contribution >= 0.6 is 0 Å². The summed E-state index contributed by atoms with van der Waals surface area (Å²) in [6, 6.07) is 8.09. The fraction of sp³-hybridized carbons (Fsp3) is 0.417. The smallest absolute Gasteiger partial charge is 0.299 e. The van der Waals surface area contributed by atoms with E-state index in [0.717, 1.165) is 48.6 Å². The van der Waals surface area contributed by atoms with E-state index in [0.29, 0.717) is 38.2 Å². The van der Waals surface area contributed by atoms with Crippen LogP contribution in [0.4, 0.5) is 11.8 Å². The molecule has 1 aromatic heterocycles. The van der Waals surface area contributed by atoms with Gasteiger partial charge in [-0.25, -0.2) is 10.4 Å². The van der Waals surface area contributed by atoms with Crippen LogP contribution in [0.2, 0.25) is 0 Å². The number of hydrazone groups is 1. The maximum absolute atomic E-state index is 12.6. The van der Waals surface area contributed by atoms with Crippen LogP contribution in [-0.2, 0) is 22.6 Å². The second-order valence-corrected chi connectivity index (χ2v) is 8.38. The SMILES string of the molecule is Cc1cccc(/C=N/Nc2nc3c(c(N4CCOCC4)n2)CN(C(=O)C#CC2CC2)C3)c1. The number of aryl methyl sites for hydroxylation is 1. The van der Waals surface area contributed by atoms with E-state index in [1.165, 1.54) is 5.56 Å². The van der Waals surface area contributed by atoms with Crippen LogP contribution in [0.25, 0.3) is 0 Å². The van der Waals surface area contributed by atoms with Gasteiger partial charge in [-0.2, -0.15) is 10.1 Å². The van der Waals surface area contributed by atoms with Gasteiger partial charge in [0, 0.05) is 24.6 Å². The minimum Gasteiger partial charge on any atom is -0.378 e. The first-order valence-electron chi connectivity index (χ1n) is 11.0. The maximum Gasteiger partial charge on any atom is 0.299 e. The Kier molecular flexibility index (Phi) is 5.73. The van der Waals surface area contributed by atoms with Crippen molar-refractivity contribution in [1.82, 2.24) is 14.9 Å². The van der Waals surface area contributed by atoms with E-state index >= 15 is 0 Å². The van der Waals surface area contributed by atoms with Gasteiger partial charge in [-0.15, -0.1) is 0 Å². The number of ether oxygens (including phenoxy) is 1. The molecule has 0 unspecified atom stereocenters. The summed E-state index contributed by atoms with van der Waals surface area (Å²) in [6.45, 7) is 5.78. The summed E-state index contributed by atoms with van der Waals surface area (Å²) in [5, 5.41) is 4.33. The van der Waals surface area contributed by atoms with Gasteiger partial charge in [0.2, 0.25) is 5.95 Å². The Morgan fingerprint density at radius 3 is 2.88 bits per heavy atom. The van der Waals surface area contributed by atoms with E-state index in [4.69, 9.17) is 9.72 Å². The largest absolute Gasteiger partial charge is 0.378 e. The lowest BCUT2D eigenvalue weighted by Gasteiger charge is -2.29. The van der Waals surface area contributed by atoms with Gasteiger partial charge in [0.25, 0.3) is 5.91 Å². The third-order valence-corrected chi connectivity index (χ3v) is 5.74. The third-order valence-electron chi connectivity index (χ3n) is 5.74. The standard InChI is InChI=1S/C24H26N6O2/c1-17-3-2-4-19(13-17)14-25-28-24-26-21-16-30(22(31)8-7-18-5-6-18)15-20(21)23(27-24)29-9-11-32-12-10-29/h2-4,13-14,18H,5-6,9-12,15-16H2,1H3,(H,26,27,28)/b25-14+. The first-order chi connectivity index (χ1) is 15.7. The van der Waals surface area contributed by atoms with E-state index < -0.39 is 0 Å². The van der Waals surface area contributed by atoms with Crippen molar-refractivity contribution in [1.29, 1.82) is 0 Å². The van der Waals surface area contributed by atoms with Crippen LogP contribution in [0.1, 0.15) is 35.2 Å². The molecule has 8 nitrogen and oxygen atoms in total. The summed E-state index contributed by atoms with van der Waals surface area (Å²) in [4.78, 5) is 26.0. The Labute approximate surface area is 187 Å².